The Bertz CT molecular complexity index is 1670. The lowest BCUT2D eigenvalue weighted by atomic mass is 10.1. The van der Waals surface area contributed by atoms with Gasteiger partial charge in [0.15, 0.2) is 0 Å². The summed E-state index contributed by atoms with van der Waals surface area (Å²) in [5.74, 6) is 6.24. The van der Waals surface area contributed by atoms with Crippen molar-refractivity contribution in [3.05, 3.63) is 93.7 Å². The van der Waals surface area contributed by atoms with Crippen LogP contribution in [0.1, 0.15) is 34.1 Å². The van der Waals surface area contributed by atoms with Crippen molar-refractivity contribution >= 4 is 23.0 Å². The quantitative estimate of drug-likeness (QED) is 0.213. The van der Waals surface area contributed by atoms with Crippen molar-refractivity contribution in [3.63, 3.8) is 0 Å². The van der Waals surface area contributed by atoms with E-state index in [1.165, 1.54) is 22.3 Å². The molecular formula is C30H26N6O2S. The van der Waals surface area contributed by atoms with Crippen LogP contribution in [0.5, 0.6) is 0 Å². The molecule has 6 rings (SSSR count). The van der Waals surface area contributed by atoms with Gasteiger partial charge >= 0.3 is 5.97 Å². The van der Waals surface area contributed by atoms with Crippen LogP contribution in [0.2, 0.25) is 0 Å². The van der Waals surface area contributed by atoms with Gasteiger partial charge in [0.05, 0.1) is 42.4 Å². The smallest absolute Gasteiger partial charge is 0.310 e. The van der Waals surface area contributed by atoms with Crippen molar-refractivity contribution in [2.24, 2.45) is 0 Å². The van der Waals surface area contributed by atoms with Gasteiger partial charge in [0, 0.05) is 34.2 Å². The fraction of sp³-hybridized carbons (Fsp3) is 0.200. The fourth-order valence-corrected chi connectivity index (χ4v) is 5.51. The Kier molecular flexibility index (Phi) is 6.93. The van der Waals surface area contributed by atoms with Gasteiger partial charge in [-0.15, -0.1) is 11.3 Å². The lowest BCUT2D eigenvalue weighted by Crippen LogP contribution is -2.07. The van der Waals surface area contributed by atoms with E-state index in [4.69, 9.17) is 4.74 Å². The zero-order valence-corrected chi connectivity index (χ0v) is 22.2. The van der Waals surface area contributed by atoms with Crippen LogP contribution in [-0.4, -0.2) is 44.1 Å². The number of benzene rings is 2. The topological polar surface area (TPSA) is 97.7 Å². The normalized spacial score (nSPS) is 11.4. The lowest BCUT2D eigenvalue weighted by molar-refractivity contribution is -0.142. The molecule has 0 aliphatic heterocycles. The molecule has 3 heterocycles. The summed E-state index contributed by atoms with van der Waals surface area (Å²) in [6.07, 6.45) is 4.42. The number of H-pyrrole nitrogens is 1. The predicted molar refractivity (Wildman–Crippen MR) is 151 cm³/mol. The number of carbonyl (C=O) groups is 1. The molecular weight excluding hydrogens is 508 g/mol. The van der Waals surface area contributed by atoms with E-state index in [1.807, 2.05) is 35.9 Å². The standard InChI is InChI=1S/C30H26N6O2S/c1-2-38-28(37)13-20-5-8-24(9-6-20)32-11-3-4-25-14-23(17-39-25)29-27-15-22-12-21(16-36-19-31-18-33-36)7-10-26(22)30(27)35-34-29/h5-10,12,14,17-19,32H,2,11,13,15-16H2,1H3,(H,34,35). The average molecular weight is 535 g/mol. The van der Waals surface area contributed by atoms with Crippen LogP contribution in [0.25, 0.3) is 22.5 Å². The molecule has 0 saturated heterocycles. The van der Waals surface area contributed by atoms with Crippen molar-refractivity contribution in [1.29, 1.82) is 0 Å². The Hall–Kier alpha value is -4.68. The Morgan fingerprint density at radius 1 is 1.18 bits per heavy atom. The van der Waals surface area contributed by atoms with E-state index in [0.29, 0.717) is 19.7 Å². The molecule has 0 spiro atoms. The Balaban J connectivity index is 1.07. The van der Waals surface area contributed by atoms with Crippen molar-refractivity contribution < 1.29 is 9.53 Å². The molecule has 0 amide bonds. The zero-order valence-electron chi connectivity index (χ0n) is 21.4. The first-order valence-corrected chi connectivity index (χ1v) is 13.6. The van der Waals surface area contributed by atoms with Crippen LogP contribution >= 0.6 is 11.3 Å². The maximum Gasteiger partial charge on any atom is 0.310 e. The molecule has 194 valence electrons. The largest absolute Gasteiger partial charge is 0.466 e. The van der Waals surface area contributed by atoms with Crippen LogP contribution < -0.4 is 5.32 Å². The van der Waals surface area contributed by atoms with E-state index < -0.39 is 0 Å². The van der Waals surface area contributed by atoms with E-state index in [2.05, 4.69) is 67.1 Å². The van der Waals surface area contributed by atoms with Crippen molar-refractivity contribution in [2.45, 2.75) is 26.3 Å². The van der Waals surface area contributed by atoms with E-state index in [-0.39, 0.29) is 12.4 Å². The van der Waals surface area contributed by atoms with Gasteiger partial charge in [-0.25, -0.2) is 9.67 Å². The molecule has 2 N–H and O–H groups in total. The number of anilines is 1. The summed E-state index contributed by atoms with van der Waals surface area (Å²) in [7, 11) is 0. The number of hydrogen-bond donors (Lipinski definition) is 2. The van der Waals surface area contributed by atoms with E-state index >= 15 is 0 Å². The number of aromatic amines is 1. The number of fused-ring (bicyclic) bond motifs is 3. The molecule has 8 nitrogen and oxygen atoms in total. The highest BCUT2D eigenvalue weighted by atomic mass is 32.1. The SMILES string of the molecule is CCOC(=O)Cc1ccc(NCC#Cc2cc(-c3n[nH]c4c3Cc3cc(Cn5cncn5)ccc3-4)cs2)cc1. The number of nitrogens with zero attached hydrogens (tertiary/aromatic N) is 4. The van der Waals surface area contributed by atoms with Crippen LogP contribution in [-0.2, 0) is 28.9 Å². The van der Waals surface area contributed by atoms with E-state index in [1.54, 1.807) is 24.0 Å². The number of nitrogens with one attached hydrogen (secondary N) is 2. The number of aromatic nitrogens is 5. The zero-order chi connectivity index (χ0) is 26.6. The van der Waals surface area contributed by atoms with Gasteiger partial charge in [-0.3, -0.25) is 9.89 Å². The summed E-state index contributed by atoms with van der Waals surface area (Å²) < 4.78 is 6.83. The molecule has 1 aliphatic carbocycles. The summed E-state index contributed by atoms with van der Waals surface area (Å²) in [6, 6.07) is 16.4. The fourth-order valence-electron chi connectivity index (χ4n) is 4.75. The van der Waals surface area contributed by atoms with Gasteiger partial charge in [-0.2, -0.15) is 10.2 Å². The number of esters is 1. The second kappa shape index (κ2) is 11.0. The Labute approximate surface area is 230 Å². The minimum atomic E-state index is -0.211. The number of hydrogen-bond acceptors (Lipinski definition) is 7. The number of carbonyl (C=O) groups excluding carboxylic acids is 1. The molecule has 2 aromatic carbocycles. The summed E-state index contributed by atoms with van der Waals surface area (Å²) in [4.78, 5) is 16.6. The highest BCUT2D eigenvalue weighted by molar-refractivity contribution is 7.11. The highest BCUT2D eigenvalue weighted by Crippen LogP contribution is 2.41. The second-order valence-electron chi connectivity index (χ2n) is 9.22. The van der Waals surface area contributed by atoms with Gasteiger partial charge in [-0.05, 0) is 41.8 Å². The van der Waals surface area contributed by atoms with Gasteiger partial charge in [0.2, 0.25) is 0 Å². The summed E-state index contributed by atoms with van der Waals surface area (Å²) >= 11 is 1.62. The molecule has 0 fully saturated rings. The highest BCUT2D eigenvalue weighted by Gasteiger charge is 2.25. The number of ether oxygens (including phenoxy) is 1. The second-order valence-corrected chi connectivity index (χ2v) is 10.1. The van der Waals surface area contributed by atoms with Gasteiger partial charge in [-0.1, -0.05) is 42.2 Å². The number of thiophene rings is 1. The molecule has 0 bridgehead atoms. The monoisotopic (exact) mass is 534 g/mol. The third kappa shape index (κ3) is 5.47. The predicted octanol–water partition coefficient (Wildman–Crippen LogP) is 4.92. The van der Waals surface area contributed by atoms with Crippen molar-refractivity contribution in [3.8, 4) is 34.4 Å². The number of rotatable bonds is 8. The van der Waals surface area contributed by atoms with Gasteiger partial charge in [0.1, 0.15) is 12.7 Å². The maximum absolute atomic E-state index is 11.6. The Morgan fingerprint density at radius 2 is 2.05 bits per heavy atom. The molecule has 0 saturated carbocycles. The summed E-state index contributed by atoms with van der Waals surface area (Å²) in [6.45, 7) is 3.43. The van der Waals surface area contributed by atoms with Crippen molar-refractivity contribution in [2.75, 3.05) is 18.5 Å². The lowest BCUT2D eigenvalue weighted by Gasteiger charge is -2.05. The molecule has 3 aromatic heterocycles. The third-order valence-corrected chi connectivity index (χ3v) is 7.40. The van der Waals surface area contributed by atoms with E-state index in [0.717, 1.165) is 39.5 Å². The van der Waals surface area contributed by atoms with Crippen LogP contribution in [0.3, 0.4) is 0 Å². The minimum absolute atomic E-state index is 0.211. The summed E-state index contributed by atoms with van der Waals surface area (Å²) in [5.41, 5.74) is 10.0. The first-order chi connectivity index (χ1) is 19.2. The minimum Gasteiger partial charge on any atom is -0.466 e. The Morgan fingerprint density at radius 3 is 2.87 bits per heavy atom. The molecule has 5 aromatic rings. The van der Waals surface area contributed by atoms with Crippen LogP contribution in [0.4, 0.5) is 5.69 Å². The first kappa shape index (κ1) is 24.6. The molecule has 39 heavy (non-hydrogen) atoms. The first-order valence-electron chi connectivity index (χ1n) is 12.7. The molecule has 0 unspecified atom stereocenters. The molecule has 0 atom stereocenters. The molecule has 0 radical (unpaired) electrons. The molecule has 1 aliphatic rings. The summed E-state index contributed by atoms with van der Waals surface area (Å²) in [5, 5.41) is 17.5. The van der Waals surface area contributed by atoms with Gasteiger partial charge < -0.3 is 10.1 Å². The van der Waals surface area contributed by atoms with E-state index in [9.17, 15) is 4.79 Å². The van der Waals surface area contributed by atoms with Gasteiger partial charge in [0.25, 0.3) is 0 Å². The van der Waals surface area contributed by atoms with Crippen LogP contribution in [0.15, 0.2) is 66.6 Å². The maximum atomic E-state index is 11.6. The van der Waals surface area contributed by atoms with Crippen molar-refractivity contribution in [1.82, 2.24) is 25.0 Å². The van der Waals surface area contributed by atoms with Crippen LogP contribution in [0, 0.1) is 11.8 Å². The molecule has 9 heteroatoms. The average Bonchev–Trinajstić information content (AvgIpc) is 3.73. The third-order valence-electron chi connectivity index (χ3n) is 6.56.